The van der Waals surface area contributed by atoms with E-state index in [-0.39, 0.29) is 0 Å². The predicted molar refractivity (Wildman–Crippen MR) is 135 cm³/mol. The molecule has 32 heavy (non-hydrogen) atoms. The van der Waals surface area contributed by atoms with Crippen molar-refractivity contribution in [2.75, 3.05) is 10.6 Å². The van der Waals surface area contributed by atoms with Crippen LogP contribution in [0, 0.1) is 20.8 Å². The zero-order valence-corrected chi connectivity index (χ0v) is 19.8. The van der Waals surface area contributed by atoms with Gasteiger partial charge < -0.3 is 10.6 Å². The van der Waals surface area contributed by atoms with E-state index < -0.39 is 0 Å². The molecule has 2 N–H and O–H groups in total. The summed E-state index contributed by atoms with van der Waals surface area (Å²) in [6.07, 6.45) is 3.64. The zero-order valence-electron chi connectivity index (χ0n) is 18.3. The fourth-order valence-corrected chi connectivity index (χ4v) is 3.91. The van der Waals surface area contributed by atoms with Crippen molar-refractivity contribution in [1.29, 1.82) is 0 Å². The Hall–Kier alpha value is -3.16. The zero-order chi connectivity index (χ0) is 22.7. The molecule has 0 amide bonds. The van der Waals surface area contributed by atoms with Crippen molar-refractivity contribution in [2.24, 2.45) is 0 Å². The number of hydrogen-bond donors (Lipinski definition) is 2. The Balaban J connectivity index is 1.40. The van der Waals surface area contributed by atoms with Crippen LogP contribution in [0.25, 0.3) is 0 Å². The molecule has 8 heteroatoms. The first kappa shape index (κ1) is 22.0. The number of aromatic nitrogens is 4. The van der Waals surface area contributed by atoms with E-state index in [1.807, 2.05) is 53.7 Å². The Kier molecular flexibility index (Phi) is 6.58. The van der Waals surface area contributed by atoms with Gasteiger partial charge in [0.05, 0.1) is 42.0 Å². The van der Waals surface area contributed by atoms with Crippen molar-refractivity contribution in [3.63, 3.8) is 0 Å². The van der Waals surface area contributed by atoms with Crippen LogP contribution in [0.3, 0.4) is 0 Å². The van der Waals surface area contributed by atoms with Crippen LogP contribution in [-0.2, 0) is 13.1 Å². The summed E-state index contributed by atoms with van der Waals surface area (Å²) in [6.45, 7) is 7.41. The molecule has 164 valence electrons. The van der Waals surface area contributed by atoms with E-state index in [0.717, 1.165) is 33.3 Å². The highest BCUT2D eigenvalue weighted by molar-refractivity contribution is 7.80. The second-order valence-electron chi connectivity index (χ2n) is 7.79. The van der Waals surface area contributed by atoms with Crippen LogP contribution >= 0.6 is 23.8 Å². The molecule has 0 spiro atoms. The Morgan fingerprint density at radius 3 is 2.50 bits per heavy atom. The van der Waals surface area contributed by atoms with Gasteiger partial charge in [0.1, 0.15) is 0 Å². The first-order chi connectivity index (χ1) is 15.4. The average molecular weight is 465 g/mol. The molecule has 0 saturated heterocycles. The predicted octanol–water partition coefficient (Wildman–Crippen LogP) is 5.56. The van der Waals surface area contributed by atoms with E-state index in [1.54, 1.807) is 6.20 Å². The normalized spacial score (nSPS) is 10.9. The maximum Gasteiger partial charge on any atom is 0.175 e. The molecule has 0 saturated carbocycles. The molecule has 2 aromatic heterocycles. The van der Waals surface area contributed by atoms with Crippen LogP contribution in [0.15, 0.2) is 60.9 Å². The molecule has 0 fully saturated rings. The third kappa shape index (κ3) is 5.18. The SMILES string of the molecule is Cc1ccc(Cn2nc(C)c(NC(=S)Nc3cnn(Cc4ccccc4Cl)c3)c2C)cc1. The van der Waals surface area contributed by atoms with Crippen molar-refractivity contribution < 1.29 is 0 Å². The van der Waals surface area contributed by atoms with Gasteiger partial charge in [0.2, 0.25) is 0 Å². The highest BCUT2D eigenvalue weighted by atomic mass is 35.5. The van der Waals surface area contributed by atoms with E-state index in [9.17, 15) is 0 Å². The van der Waals surface area contributed by atoms with Gasteiger partial charge in [-0.05, 0) is 50.2 Å². The molecule has 6 nitrogen and oxygen atoms in total. The first-order valence-corrected chi connectivity index (χ1v) is 11.1. The lowest BCUT2D eigenvalue weighted by molar-refractivity contribution is 0.659. The second-order valence-corrected chi connectivity index (χ2v) is 8.60. The molecule has 0 radical (unpaired) electrons. The third-order valence-corrected chi connectivity index (χ3v) is 5.83. The number of nitrogens with zero attached hydrogens (tertiary/aromatic N) is 4. The molecule has 0 atom stereocenters. The van der Waals surface area contributed by atoms with Gasteiger partial charge in [-0.25, -0.2) is 0 Å². The number of anilines is 2. The fraction of sp³-hybridized carbons (Fsp3) is 0.208. The summed E-state index contributed by atoms with van der Waals surface area (Å²) >= 11 is 11.8. The lowest BCUT2D eigenvalue weighted by Crippen LogP contribution is -2.19. The molecule has 0 bridgehead atoms. The highest BCUT2D eigenvalue weighted by Crippen LogP contribution is 2.21. The number of nitrogens with one attached hydrogen (secondary N) is 2. The van der Waals surface area contributed by atoms with Gasteiger partial charge in [-0.2, -0.15) is 10.2 Å². The minimum Gasteiger partial charge on any atom is -0.330 e. The van der Waals surface area contributed by atoms with Crippen LogP contribution in [0.5, 0.6) is 0 Å². The summed E-state index contributed by atoms with van der Waals surface area (Å²) in [6, 6.07) is 16.2. The Labute approximate surface area is 198 Å². The average Bonchev–Trinajstić information content (AvgIpc) is 3.30. The number of rotatable bonds is 6. The Bertz CT molecular complexity index is 1240. The summed E-state index contributed by atoms with van der Waals surface area (Å²) < 4.78 is 3.81. The molecule has 0 aliphatic carbocycles. The van der Waals surface area contributed by atoms with Gasteiger partial charge in [-0.15, -0.1) is 0 Å². The molecule has 0 aliphatic heterocycles. The van der Waals surface area contributed by atoms with Crippen molar-refractivity contribution in [3.05, 3.63) is 94.0 Å². The number of aryl methyl sites for hydroxylation is 2. The van der Waals surface area contributed by atoms with E-state index in [2.05, 4.69) is 52.0 Å². The van der Waals surface area contributed by atoms with Crippen molar-refractivity contribution in [1.82, 2.24) is 19.6 Å². The summed E-state index contributed by atoms with van der Waals surface area (Å²) in [7, 11) is 0. The van der Waals surface area contributed by atoms with Gasteiger partial charge >= 0.3 is 0 Å². The van der Waals surface area contributed by atoms with Crippen molar-refractivity contribution >= 4 is 40.3 Å². The van der Waals surface area contributed by atoms with Gasteiger partial charge in [0.25, 0.3) is 0 Å². The molecule has 4 rings (SSSR count). The van der Waals surface area contributed by atoms with Gasteiger partial charge in [-0.1, -0.05) is 59.6 Å². The standard InChI is InChI=1S/C24H25ClN6S/c1-16-8-10-19(11-9-16)13-31-18(3)23(17(2)29-31)28-24(32)27-21-12-26-30(15-21)14-20-6-4-5-7-22(20)25/h4-12,15H,13-14H2,1-3H3,(H2,27,28,32). The summed E-state index contributed by atoms with van der Waals surface area (Å²) in [5.74, 6) is 0. The molecule has 4 aromatic rings. The number of thiocarbonyl (C=S) groups is 1. The number of benzene rings is 2. The van der Waals surface area contributed by atoms with E-state index >= 15 is 0 Å². The number of halogens is 1. The maximum atomic E-state index is 6.25. The Morgan fingerprint density at radius 1 is 1.00 bits per heavy atom. The summed E-state index contributed by atoms with van der Waals surface area (Å²) in [5.41, 5.74) is 7.11. The molecular weight excluding hydrogens is 440 g/mol. The minimum atomic E-state index is 0.489. The van der Waals surface area contributed by atoms with Gasteiger partial charge in [0.15, 0.2) is 5.11 Å². The molecular formula is C24H25ClN6S. The van der Waals surface area contributed by atoms with Crippen LogP contribution in [-0.4, -0.2) is 24.7 Å². The monoisotopic (exact) mass is 464 g/mol. The van der Waals surface area contributed by atoms with Crippen LogP contribution in [0.1, 0.15) is 28.1 Å². The highest BCUT2D eigenvalue weighted by Gasteiger charge is 2.14. The van der Waals surface area contributed by atoms with E-state index in [0.29, 0.717) is 18.2 Å². The van der Waals surface area contributed by atoms with E-state index in [4.69, 9.17) is 23.8 Å². The molecule has 2 heterocycles. The first-order valence-electron chi connectivity index (χ1n) is 10.3. The maximum absolute atomic E-state index is 6.25. The van der Waals surface area contributed by atoms with Crippen molar-refractivity contribution in [3.8, 4) is 0 Å². The van der Waals surface area contributed by atoms with Gasteiger partial charge in [-0.3, -0.25) is 9.36 Å². The molecule has 2 aromatic carbocycles. The lowest BCUT2D eigenvalue weighted by Gasteiger charge is -2.10. The quantitative estimate of drug-likeness (QED) is 0.365. The van der Waals surface area contributed by atoms with E-state index in [1.165, 1.54) is 11.1 Å². The van der Waals surface area contributed by atoms with Crippen LogP contribution in [0.4, 0.5) is 11.4 Å². The fourth-order valence-electron chi connectivity index (χ4n) is 3.49. The summed E-state index contributed by atoms with van der Waals surface area (Å²) in [5, 5.41) is 16.8. The topological polar surface area (TPSA) is 59.7 Å². The smallest absolute Gasteiger partial charge is 0.175 e. The number of hydrogen-bond acceptors (Lipinski definition) is 3. The summed E-state index contributed by atoms with van der Waals surface area (Å²) in [4.78, 5) is 0. The molecule has 0 aliphatic rings. The second kappa shape index (κ2) is 9.54. The van der Waals surface area contributed by atoms with Gasteiger partial charge in [0, 0.05) is 11.2 Å². The molecule has 0 unspecified atom stereocenters. The van der Waals surface area contributed by atoms with Crippen LogP contribution in [0.2, 0.25) is 5.02 Å². The largest absolute Gasteiger partial charge is 0.330 e. The Morgan fingerprint density at radius 2 is 1.75 bits per heavy atom. The lowest BCUT2D eigenvalue weighted by atomic mass is 10.1. The van der Waals surface area contributed by atoms with Crippen LogP contribution < -0.4 is 10.6 Å². The van der Waals surface area contributed by atoms with Crippen molar-refractivity contribution in [2.45, 2.75) is 33.9 Å². The minimum absolute atomic E-state index is 0.489. The third-order valence-electron chi connectivity index (χ3n) is 5.25.